The minimum Gasteiger partial charge on any atom is -0.485 e. The van der Waals surface area contributed by atoms with Gasteiger partial charge in [-0.1, -0.05) is 30.3 Å². The van der Waals surface area contributed by atoms with Crippen LogP contribution in [0.2, 0.25) is 0 Å². The number of benzene rings is 1. The molecule has 1 aliphatic carbocycles. The number of hydrogen-bond acceptors (Lipinski definition) is 5. The van der Waals surface area contributed by atoms with Crippen LogP contribution in [0.5, 0.6) is 5.75 Å². The average Bonchev–Trinajstić information content (AvgIpc) is 3.23. The summed E-state index contributed by atoms with van der Waals surface area (Å²) in [6, 6.07) is 8.77. The predicted molar refractivity (Wildman–Crippen MR) is 78.9 cm³/mol. The summed E-state index contributed by atoms with van der Waals surface area (Å²) in [5.41, 5.74) is 1.17. The van der Waals surface area contributed by atoms with E-state index in [0.717, 1.165) is 25.1 Å². The third-order valence-electron chi connectivity index (χ3n) is 3.46. The molecule has 0 saturated heterocycles. The Labute approximate surface area is 124 Å². The van der Waals surface area contributed by atoms with Gasteiger partial charge >= 0.3 is 0 Å². The van der Waals surface area contributed by atoms with Crippen LogP contribution >= 0.6 is 0 Å². The van der Waals surface area contributed by atoms with Gasteiger partial charge in [-0.05, 0) is 25.3 Å². The Morgan fingerprint density at radius 3 is 3.00 bits per heavy atom. The molecule has 1 heterocycles. The van der Waals surface area contributed by atoms with Crippen LogP contribution in [0.15, 0.2) is 28.8 Å². The normalized spacial score (nSPS) is 14.3. The van der Waals surface area contributed by atoms with Crippen molar-refractivity contribution >= 4 is 0 Å². The van der Waals surface area contributed by atoms with Crippen molar-refractivity contribution in [3.63, 3.8) is 0 Å². The van der Waals surface area contributed by atoms with Gasteiger partial charge in [-0.15, -0.1) is 0 Å². The van der Waals surface area contributed by atoms with E-state index in [1.807, 2.05) is 18.2 Å². The quantitative estimate of drug-likeness (QED) is 0.809. The highest BCUT2D eigenvalue weighted by molar-refractivity contribution is 5.33. The number of rotatable bonds is 8. The second-order valence-corrected chi connectivity index (χ2v) is 5.41. The summed E-state index contributed by atoms with van der Waals surface area (Å²) >= 11 is 0. The van der Waals surface area contributed by atoms with E-state index in [9.17, 15) is 0 Å². The predicted octanol–water partition coefficient (Wildman–Crippen LogP) is 2.85. The van der Waals surface area contributed by atoms with Crippen LogP contribution in [0.4, 0.5) is 0 Å². The molecule has 0 atom stereocenters. The van der Waals surface area contributed by atoms with Gasteiger partial charge in [0.15, 0.2) is 6.61 Å². The van der Waals surface area contributed by atoms with E-state index < -0.39 is 0 Å². The van der Waals surface area contributed by atoms with Gasteiger partial charge in [0.25, 0.3) is 0 Å². The summed E-state index contributed by atoms with van der Waals surface area (Å²) in [7, 11) is 0. The monoisotopic (exact) mass is 287 g/mol. The average molecular weight is 287 g/mol. The Morgan fingerprint density at radius 1 is 1.33 bits per heavy atom. The molecular weight excluding hydrogens is 266 g/mol. The maximum atomic E-state index is 5.84. The second kappa shape index (κ2) is 6.72. The number of ether oxygens (including phenoxy) is 1. The van der Waals surface area contributed by atoms with Gasteiger partial charge in [-0.3, -0.25) is 0 Å². The maximum absolute atomic E-state index is 5.84. The van der Waals surface area contributed by atoms with Gasteiger partial charge in [0, 0.05) is 24.6 Å². The molecule has 2 aromatic rings. The minimum absolute atomic E-state index is 0.341. The fourth-order valence-electron chi connectivity index (χ4n) is 2.14. The molecular formula is C16H21N3O2. The van der Waals surface area contributed by atoms with Gasteiger partial charge in [0.1, 0.15) is 5.75 Å². The molecule has 1 saturated carbocycles. The third-order valence-corrected chi connectivity index (χ3v) is 3.46. The molecule has 0 radical (unpaired) electrons. The van der Waals surface area contributed by atoms with Crippen molar-refractivity contribution in [3.05, 3.63) is 41.5 Å². The topological polar surface area (TPSA) is 60.2 Å². The molecule has 112 valence electrons. The Hall–Kier alpha value is -1.88. The van der Waals surface area contributed by atoms with Crippen molar-refractivity contribution in [3.8, 4) is 5.75 Å². The smallest absolute Gasteiger partial charge is 0.226 e. The lowest BCUT2D eigenvalue weighted by Gasteiger charge is -2.10. The summed E-state index contributed by atoms with van der Waals surface area (Å²) in [6.07, 6.45) is 4.38. The van der Waals surface area contributed by atoms with Crippen molar-refractivity contribution in [2.45, 2.75) is 51.8 Å². The number of para-hydroxylation sites is 1. The van der Waals surface area contributed by atoms with Crippen LogP contribution in [0.3, 0.4) is 0 Å². The molecule has 5 nitrogen and oxygen atoms in total. The Morgan fingerprint density at radius 2 is 2.19 bits per heavy atom. The fourth-order valence-corrected chi connectivity index (χ4v) is 2.14. The molecule has 1 aromatic heterocycles. The Balaban J connectivity index is 1.58. The van der Waals surface area contributed by atoms with E-state index in [1.165, 1.54) is 18.4 Å². The molecule has 21 heavy (non-hydrogen) atoms. The number of hydrogen-bond donors (Lipinski definition) is 1. The lowest BCUT2D eigenvalue weighted by atomic mass is 10.2. The van der Waals surface area contributed by atoms with Crippen molar-refractivity contribution in [2.75, 3.05) is 0 Å². The molecule has 1 fully saturated rings. The molecule has 1 aliphatic rings. The molecule has 0 unspecified atom stereocenters. The number of nitrogens with one attached hydrogen (secondary N) is 1. The molecule has 0 spiro atoms. The molecule has 0 aliphatic heterocycles. The molecule has 3 rings (SSSR count). The first-order chi connectivity index (χ1) is 10.3. The zero-order valence-corrected chi connectivity index (χ0v) is 12.3. The summed E-state index contributed by atoms with van der Waals surface area (Å²) in [5, 5.41) is 7.44. The van der Waals surface area contributed by atoms with Crippen molar-refractivity contribution in [1.29, 1.82) is 0 Å². The molecule has 5 heteroatoms. The van der Waals surface area contributed by atoms with Crippen molar-refractivity contribution in [1.82, 2.24) is 15.5 Å². The van der Waals surface area contributed by atoms with Crippen LogP contribution in [-0.4, -0.2) is 16.2 Å². The van der Waals surface area contributed by atoms with E-state index in [2.05, 4.69) is 28.4 Å². The first kappa shape index (κ1) is 14.1. The van der Waals surface area contributed by atoms with Crippen molar-refractivity contribution < 1.29 is 9.26 Å². The highest BCUT2D eigenvalue weighted by atomic mass is 16.5. The highest BCUT2D eigenvalue weighted by Crippen LogP contribution is 2.23. The van der Waals surface area contributed by atoms with Gasteiger partial charge in [-0.25, -0.2) is 0 Å². The third kappa shape index (κ3) is 4.04. The summed E-state index contributed by atoms with van der Waals surface area (Å²) in [4.78, 5) is 4.31. The van der Waals surface area contributed by atoms with E-state index in [4.69, 9.17) is 9.26 Å². The largest absolute Gasteiger partial charge is 0.485 e. The van der Waals surface area contributed by atoms with Crippen LogP contribution < -0.4 is 10.1 Å². The Kier molecular flexibility index (Phi) is 4.50. The zero-order chi connectivity index (χ0) is 14.5. The van der Waals surface area contributed by atoms with E-state index in [-0.39, 0.29) is 0 Å². The second-order valence-electron chi connectivity index (χ2n) is 5.41. The van der Waals surface area contributed by atoms with Gasteiger partial charge in [-0.2, -0.15) is 4.98 Å². The van der Waals surface area contributed by atoms with Crippen LogP contribution in [0, 0.1) is 0 Å². The van der Waals surface area contributed by atoms with Crippen molar-refractivity contribution in [2.24, 2.45) is 0 Å². The summed E-state index contributed by atoms with van der Waals surface area (Å²) in [5.74, 6) is 2.16. The SMILES string of the molecule is CCCc1nc(COc2ccccc2CNC2CC2)no1. The lowest BCUT2D eigenvalue weighted by Crippen LogP contribution is -2.16. The van der Waals surface area contributed by atoms with E-state index in [0.29, 0.717) is 24.4 Å². The number of nitrogens with zero attached hydrogens (tertiary/aromatic N) is 2. The lowest BCUT2D eigenvalue weighted by molar-refractivity contribution is 0.282. The number of aromatic nitrogens is 2. The van der Waals surface area contributed by atoms with Crippen LogP contribution in [0.25, 0.3) is 0 Å². The van der Waals surface area contributed by atoms with Gasteiger partial charge in [0.05, 0.1) is 0 Å². The zero-order valence-electron chi connectivity index (χ0n) is 12.3. The molecule has 1 N–H and O–H groups in total. The van der Waals surface area contributed by atoms with Crippen LogP contribution in [0.1, 0.15) is 43.5 Å². The minimum atomic E-state index is 0.341. The first-order valence-electron chi connectivity index (χ1n) is 7.60. The van der Waals surface area contributed by atoms with E-state index >= 15 is 0 Å². The maximum Gasteiger partial charge on any atom is 0.226 e. The van der Waals surface area contributed by atoms with Gasteiger partial charge < -0.3 is 14.6 Å². The summed E-state index contributed by atoms with van der Waals surface area (Å²) in [6.45, 7) is 3.27. The highest BCUT2D eigenvalue weighted by Gasteiger charge is 2.20. The summed E-state index contributed by atoms with van der Waals surface area (Å²) < 4.78 is 11.0. The molecule has 1 aromatic carbocycles. The molecule has 0 bridgehead atoms. The van der Waals surface area contributed by atoms with Crippen LogP contribution in [-0.2, 0) is 19.6 Å². The first-order valence-corrected chi connectivity index (χ1v) is 7.60. The fraction of sp³-hybridized carbons (Fsp3) is 0.500. The molecule has 0 amide bonds. The van der Waals surface area contributed by atoms with Gasteiger partial charge in [0.2, 0.25) is 11.7 Å². The number of aryl methyl sites for hydroxylation is 1. The Bertz CT molecular complexity index is 578. The van der Waals surface area contributed by atoms with E-state index in [1.54, 1.807) is 0 Å². The standard InChI is InChI=1S/C16H21N3O2/c1-2-5-16-18-15(19-21-16)11-20-14-7-4-3-6-12(14)10-17-13-8-9-13/h3-4,6-7,13,17H,2,5,8-11H2,1H3.